The predicted octanol–water partition coefficient (Wildman–Crippen LogP) is 2.22. The molecule has 0 aliphatic carbocycles. The van der Waals surface area contributed by atoms with Gasteiger partial charge in [-0.15, -0.1) is 0 Å². The van der Waals surface area contributed by atoms with Crippen molar-refractivity contribution in [2.45, 2.75) is 47.5 Å². The molecule has 0 radical (unpaired) electrons. The molecule has 0 saturated heterocycles. The Labute approximate surface area is 142 Å². The number of carbonyl (C=O) groups is 3. The van der Waals surface area contributed by atoms with E-state index in [0.717, 1.165) is 6.42 Å². The molecule has 0 rings (SSSR count). The van der Waals surface area contributed by atoms with E-state index in [1.54, 1.807) is 20.8 Å². The molecule has 0 aromatic rings. The van der Waals surface area contributed by atoms with Crippen LogP contribution in [0, 0.1) is 11.3 Å². The van der Waals surface area contributed by atoms with Crippen LogP contribution in [0.5, 0.6) is 0 Å². The largest absolute Gasteiger partial charge is 0.454 e. The lowest BCUT2D eigenvalue weighted by molar-refractivity contribution is -1.01. The first-order valence-corrected chi connectivity index (χ1v) is 7.92. The molecule has 1 atom stereocenters. The second kappa shape index (κ2) is 9.86. The highest BCUT2D eigenvalue weighted by Gasteiger charge is 2.43. The Bertz CT molecular complexity index is 480. The van der Waals surface area contributed by atoms with Crippen LogP contribution in [0.3, 0.4) is 0 Å². The SMILES string of the molecule is CCCC[N+](C)(OC(C)=O)C(=N)N(OC(=O)C(C)C)C(=O)OCC. The number of hydroxylamine groups is 5. The summed E-state index contributed by atoms with van der Waals surface area (Å²) < 4.78 is 4.18. The Morgan fingerprint density at radius 1 is 1.21 bits per heavy atom. The van der Waals surface area contributed by atoms with Crippen LogP contribution in [0.25, 0.3) is 0 Å². The van der Waals surface area contributed by atoms with Crippen LogP contribution in [0.2, 0.25) is 0 Å². The molecule has 0 aromatic carbocycles. The zero-order valence-electron chi connectivity index (χ0n) is 15.2. The highest BCUT2D eigenvalue weighted by atomic mass is 16.8. The van der Waals surface area contributed by atoms with Crippen molar-refractivity contribution in [2.24, 2.45) is 5.92 Å². The molecule has 0 aliphatic heterocycles. The summed E-state index contributed by atoms with van der Waals surface area (Å²) >= 11 is 0. The van der Waals surface area contributed by atoms with Gasteiger partial charge in [-0.2, -0.15) is 0 Å². The molecule has 1 amide bonds. The number of hydrogen-bond acceptors (Lipinski definition) is 7. The van der Waals surface area contributed by atoms with Crippen LogP contribution >= 0.6 is 0 Å². The number of ether oxygens (including phenoxy) is 1. The van der Waals surface area contributed by atoms with Crippen molar-refractivity contribution in [1.82, 2.24) is 5.06 Å². The lowest BCUT2D eigenvalue weighted by Crippen LogP contribution is -2.59. The van der Waals surface area contributed by atoms with E-state index in [2.05, 4.69) is 0 Å². The highest BCUT2D eigenvalue weighted by Crippen LogP contribution is 2.15. The molecule has 138 valence electrons. The third-order valence-corrected chi connectivity index (χ3v) is 3.00. The van der Waals surface area contributed by atoms with Gasteiger partial charge in [0.05, 0.1) is 12.5 Å². The number of nitrogens with one attached hydrogen (secondary N) is 1. The summed E-state index contributed by atoms with van der Waals surface area (Å²) in [6.07, 6.45) is 0.388. The van der Waals surface area contributed by atoms with Crippen LogP contribution in [0.4, 0.5) is 4.79 Å². The third kappa shape index (κ3) is 6.53. The monoisotopic (exact) mass is 346 g/mol. The number of hydrogen-bond donors (Lipinski definition) is 1. The van der Waals surface area contributed by atoms with Crippen molar-refractivity contribution in [3.8, 4) is 0 Å². The molecule has 0 bridgehead atoms. The first-order chi connectivity index (χ1) is 11.1. The first-order valence-electron chi connectivity index (χ1n) is 7.92. The summed E-state index contributed by atoms with van der Waals surface area (Å²) in [5.74, 6) is -2.38. The average Bonchev–Trinajstić information content (AvgIpc) is 2.48. The van der Waals surface area contributed by atoms with Crippen molar-refractivity contribution in [3.05, 3.63) is 0 Å². The van der Waals surface area contributed by atoms with Crippen LogP contribution < -0.4 is 0 Å². The molecule has 1 N–H and O–H groups in total. The van der Waals surface area contributed by atoms with Gasteiger partial charge >= 0.3 is 24.0 Å². The van der Waals surface area contributed by atoms with Crippen molar-refractivity contribution in [3.63, 3.8) is 0 Å². The van der Waals surface area contributed by atoms with Crippen LogP contribution in [0.15, 0.2) is 0 Å². The number of carbonyl (C=O) groups excluding carboxylic acids is 3. The van der Waals surface area contributed by atoms with E-state index in [1.165, 1.54) is 14.0 Å². The van der Waals surface area contributed by atoms with E-state index in [9.17, 15) is 14.4 Å². The van der Waals surface area contributed by atoms with Crippen molar-refractivity contribution in [2.75, 3.05) is 20.2 Å². The van der Waals surface area contributed by atoms with Gasteiger partial charge in [0, 0.05) is 13.3 Å². The number of unbranched alkanes of at least 4 members (excludes halogenated alkanes) is 1. The Morgan fingerprint density at radius 3 is 2.21 bits per heavy atom. The summed E-state index contributed by atoms with van der Waals surface area (Å²) in [6, 6.07) is 0. The summed E-state index contributed by atoms with van der Waals surface area (Å²) in [4.78, 5) is 45.5. The third-order valence-electron chi connectivity index (χ3n) is 3.00. The fourth-order valence-corrected chi connectivity index (χ4v) is 1.67. The minimum absolute atomic E-state index is 0.0358. The molecule has 0 fully saturated rings. The van der Waals surface area contributed by atoms with Gasteiger partial charge in [-0.05, 0) is 12.0 Å². The lowest BCUT2D eigenvalue weighted by atomic mass is 10.2. The van der Waals surface area contributed by atoms with Crippen LogP contribution in [-0.2, 0) is 24.0 Å². The Hall–Kier alpha value is -2.16. The van der Waals surface area contributed by atoms with Gasteiger partial charge in [0.15, 0.2) is 0 Å². The molecule has 1 unspecified atom stereocenters. The lowest BCUT2D eigenvalue weighted by Gasteiger charge is -2.32. The van der Waals surface area contributed by atoms with E-state index in [0.29, 0.717) is 11.5 Å². The molecule has 0 spiro atoms. The van der Waals surface area contributed by atoms with Gasteiger partial charge in [0.2, 0.25) is 0 Å². The smallest absolute Gasteiger partial charge is 0.447 e. The van der Waals surface area contributed by atoms with Crippen molar-refractivity contribution in [1.29, 1.82) is 5.41 Å². The van der Waals surface area contributed by atoms with Crippen molar-refractivity contribution < 1.29 is 33.4 Å². The molecule has 0 aliphatic rings. The van der Waals surface area contributed by atoms with Crippen molar-refractivity contribution >= 4 is 24.0 Å². The van der Waals surface area contributed by atoms with Gasteiger partial charge in [-0.25, -0.2) is 19.8 Å². The second-order valence-corrected chi connectivity index (χ2v) is 5.64. The summed E-state index contributed by atoms with van der Waals surface area (Å²) in [5.41, 5.74) is 0. The Morgan fingerprint density at radius 2 is 1.79 bits per heavy atom. The maximum atomic E-state index is 12.1. The number of guanidine groups is 1. The van der Waals surface area contributed by atoms with E-state index in [-0.39, 0.29) is 13.2 Å². The Kier molecular flexibility index (Phi) is 8.97. The second-order valence-electron chi connectivity index (χ2n) is 5.64. The molecule has 24 heavy (non-hydrogen) atoms. The molecule has 0 heterocycles. The molecule has 9 nitrogen and oxygen atoms in total. The minimum Gasteiger partial charge on any atom is -0.447 e. The summed E-state index contributed by atoms with van der Waals surface area (Å²) in [5, 5.41) is 8.69. The van der Waals surface area contributed by atoms with Crippen LogP contribution in [0.1, 0.15) is 47.5 Å². The first kappa shape index (κ1) is 21.8. The van der Waals surface area contributed by atoms with E-state index < -0.39 is 34.6 Å². The quantitative estimate of drug-likeness (QED) is 0.354. The molecule has 9 heteroatoms. The zero-order valence-corrected chi connectivity index (χ0v) is 15.2. The topological polar surface area (TPSA) is 106 Å². The highest BCUT2D eigenvalue weighted by molar-refractivity contribution is 5.89. The standard InChI is InChI=1S/C15H28N3O6/c1-7-9-10-18(6,24-12(5)19)14(16)17(15(21)22-8-2)23-13(20)11(3)4/h11,16H,7-10H2,1-6H3/q+1. The van der Waals surface area contributed by atoms with E-state index in [4.69, 9.17) is 19.8 Å². The van der Waals surface area contributed by atoms with Gasteiger partial charge in [-0.3, -0.25) is 4.84 Å². The maximum Gasteiger partial charge on any atom is 0.454 e. The summed E-state index contributed by atoms with van der Waals surface area (Å²) in [6.45, 7) is 8.17. The normalized spacial score (nSPS) is 13.0. The minimum atomic E-state index is -1.02. The number of quaternary nitrogens is 1. The van der Waals surface area contributed by atoms with Crippen LogP contribution in [-0.4, -0.2) is 53.9 Å². The fraction of sp³-hybridized carbons (Fsp3) is 0.733. The zero-order chi connectivity index (χ0) is 18.9. The molecular weight excluding hydrogens is 318 g/mol. The average molecular weight is 346 g/mol. The summed E-state index contributed by atoms with van der Waals surface area (Å²) in [7, 11) is 1.44. The molecule has 0 aromatic heterocycles. The van der Waals surface area contributed by atoms with Gasteiger partial charge in [0.1, 0.15) is 13.6 Å². The number of rotatable bonds is 5. The van der Waals surface area contributed by atoms with E-state index in [1.807, 2.05) is 6.92 Å². The predicted molar refractivity (Wildman–Crippen MR) is 85.2 cm³/mol. The van der Waals surface area contributed by atoms with Gasteiger partial charge in [-0.1, -0.05) is 31.8 Å². The fourth-order valence-electron chi connectivity index (χ4n) is 1.67. The Balaban J connectivity index is 5.58. The van der Waals surface area contributed by atoms with Gasteiger partial charge < -0.3 is 9.57 Å². The van der Waals surface area contributed by atoms with E-state index >= 15 is 0 Å². The number of nitrogens with zero attached hydrogens (tertiary/aromatic N) is 2. The molecular formula is C15H28N3O6+. The molecule has 0 saturated carbocycles. The maximum absolute atomic E-state index is 12.1. The van der Waals surface area contributed by atoms with Gasteiger partial charge in [0.25, 0.3) is 0 Å². The number of amides is 1.